The molecule has 12 nitrogen and oxygen atoms in total. The third-order valence-electron chi connectivity index (χ3n) is 4.63. The van der Waals surface area contributed by atoms with E-state index in [2.05, 4.69) is 20.2 Å². The van der Waals surface area contributed by atoms with Crippen molar-refractivity contribution in [3.05, 3.63) is 22.3 Å². The molecule has 0 bridgehead atoms. The molecular weight excluding hydrogens is 523 g/mol. The number of thioether (sulfide) groups is 1. The monoisotopic (exact) mass is 542 g/mol. The molecule has 5 N–H and O–H groups in total. The average Bonchev–Trinajstić information content (AvgIpc) is 3.14. The molecule has 1 aromatic rings. The number of carbonyl (C=O) groups excluding carboxylic acids is 2. The summed E-state index contributed by atoms with van der Waals surface area (Å²) in [6.45, 7) is 0.187. The van der Waals surface area contributed by atoms with Gasteiger partial charge in [-0.15, -0.1) is 23.1 Å². The first-order valence-electron chi connectivity index (χ1n) is 9.10. The van der Waals surface area contributed by atoms with Crippen molar-refractivity contribution < 1.29 is 57.9 Å². The van der Waals surface area contributed by atoms with E-state index in [0.29, 0.717) is 24.2 Å². The number of hydrogen-bond donors (Lipinski definition) is 4. The maximum atomic E-state index is 12.7. The zero-order valence-corrected chi connectivity index (χ0v) is 22.9. The van der Waals surface area contributed by atoms with Crippen LogP contribution < -0.4 is 50.4 Å². The van der Waals surface area contributed by atoms with Gasteiger partial charge < -0.3 is 21.4 Å². The number of nitrogens with zero attached hydrogens (tertiary/aromatic N) is 3. The Morgan fingerprint density at radius 2 is 2.21 bits per heavy atom. The smallest absolute Gasteiger partial charge is 0.863 e. The summed E-state index contributed by atoms with van der Waals surface area (Å²) in [5, 5.41) is 27.1. The van der Waals surface area contributed by atoms with Crippen molar-refractivity contribution in [3.63, 3.8) is 0 Å². The fraction of sp³-hybridized carbons (Fsp3) is 0.438. The van der Waals surface area contributed by atoms with Crippen molar-refractivity contribution in [3.8, 4) is 0 Å². The molecule has 2 atom stereocenters. The number of sulfonamides is 1. The molecular formula is C16H19N6NaO6S4. The number of nitrogen functional groups attached to an aromatic ring is 1. The van der Waals surface area contributed by atoms with Crippen LogP contribution in [0.3, 0.4) is 0 Å². The van der Waals surface area contributed by atoms with Crippen molar-refractivity contribution in [2.45, 2.75) is 24.3 Å². The quantitative estimate of drug-likeness (QED) is 0.0451. The number of anilines is 1. The first-order chi connectivity index (χ1) is 15.0. The molecule has 2 aliphatic rings. The molecule has 3 rings (SSSR count). The molecule has 174 valence electrons. The molecule has 2 aliphatic heterocycles. The topological polar surface area (TPSA) is 190 Å². The summed E-state index contributed by atoms with van der Waals surface area (Å²) in [4.78, 5) is 30.4. The number of thiazole rings is 1. The summed E-state index contributed by atoms with van der Waals surface area (Å²) < 4.78 is 24.7. The molecule has 0 spiro atoms. The zero-order chi connectivity index (χ0) is 23.6. The van der Waals surface area contributed by atoms with Crippen molar-refractivity contribution in [1.82, 2.24) is 19.9 Å². The molecule has 0 aliphatic carbocycles. The van der Waals surface area contributed by atoms with Gasteiger partial charge in [-0.3, -0.25) is 14.5 Å². The maximum Gasteiger partial charge on any atom is 1.00 e. The number of amides is 2. The van der Waals surface area contributed by atoms with E-state index in [-0.39, 0.29) is 58.3 Å². The third kappa shape index (κ3) is 6.45. The molecule has 1 aromatic heterocycles. The molecule has 0 aromatic carbocycles. The minimum absolute atomic E-state index is 0. The Balaban J connectivity index is 0.00000385. The van der Waals surface area contributed by atoms with Crippen LogP contribution >= 0.6 is 35.3 Å². The number of nitrogens with one attached hydrogen (secondary N) is 2. The van der Waals surface area contributed by atoms with E-state index in [1.54, 1.807) is 0 Å². The Kier molecular flexibility index (Phi) is 9.70. The van der Waals surface area contributed by atoms with E-state index >= 15 is 0 Å². The molecule has 3 heterocycles. The van der Waals surface area contributed by atoms with E-state index in [4.69, 9.17) is 18.0 Å². The normalized spacial score (nSPS) is 20.6. The van der Waals surface area contributed by atoms with Crippen LogP contribution in [0.25, 0.3) is 0 Å². The minimum atomic E-state index is -3.32. The Hall–Kier alpha value is -1.27. The number of thiocarbonyl (C=S) groups is 1. The second kappa shape index (κ2) is 11.4. The summed E-state index contributed by atoms with van der Waals surface area (Å²) in [7, 11) is -3.32. The van der Waals surface area contributed by atoms with E-state index in [9.17, 15) is 28.3 Å². The molecule has 17 heteroatoms. The van der Waals surface area contributed by atoms with Crippen LogP contribution in [0.4, 0.5) is 5.13 Å². The summed E-state index contributed by atoms with van der Waals surface area (Å²) in [6.07, 6.45) is 1.86. The average molecular weight is 543 g/mol. The van der Waals surface area contributed by atoms with Gasteiger partial charge in [-0.1, -0.05) is 17.4 Å². The van der Waals surface area contributed by atoms with E-state index in [0.717, 1.165) is 17.6 Å². The van der Waals surface area contributed by atoms with Crippen LogP contribution in [0.5, 0.6) is 0 Å². The molecule has 0 saturated carbocycles. The number of hydrogen-bond acceptors (Lipinski definition) is 12. The van der Waals surface area contributed by atoms with Gasteiger partial charge in [-0.05, 0) is 23.5 Å². The molecule has 1 unspecified atom stereocenters. The summed E-state index contributed by atoms with van der Waals surface area (Å²) >= 11 is 7.21. The zero-order valence-electron chi connectivity index (χ0n) is 17.6. The van der Waals surface area contributed by atoms with Crippen molar-refractivity contribution in [2.75, 3.05) is 24.3 Å². The van der Waals surface area contributed by atoms with Gasteiger partial charge in [0.15, 0.2) is 10.8 Å². The first-order valence-corrected chi connectivity index (χ1v) is 13.3. The van der Waals surface area contributed by atoms with Crippen molar-refractivity contribution in [1.29, 1.82) is 0 Å². The van der Waals surface area contributed by atoms with Crippen molar-refractivity contribution >= 4 is 73.0 Å². The number of rotatable bonds is 9. The third-order valence-corrected chi connectivity index (χ3v) is 7.56. The number of nitrogens with two attached hydrogens (primary N) is 1. The van der Waals surface area contributed by atoms with E-state index < -0.39 is 38.3 Å². The number of carbonyl (C=O) groups is 2. The van der Waals surface area contributed by atoms with Gasteiger partial charge >= 0.3 is 29.6 Å². The van der Waals surface area contributed by atoms with Gasteiger partial charge in [0, 0.05) is 23.4 Å². The SMILES string of the molecule is CS(=O)(=O)NCCCC1=C(C([O-])=S)N2C(=O)C(NC(=O)/C(=N\O)c3csc(N)n3)[C@H]2SC1.[Na+]. The van der Waals surface area contributed by atoms with Crippen LogP contribution in [0, 0.1) is 0 Å². The number of aromatic nitrogens is 1. The molecule has 33 heavy (non-hydrogen) atoms. The fourth-order valence-corrected chi connectivity index (χ4v) is 5.94. The number of fused-ring (bicyclic) bond motifs is 1. The van der Waals surface area contributed by atoms with Crippen LogP contribution in [-0.2, 0) is 19.6 Å². The van der Waals surface area contributed by atoms with Gasteiger partial charge in [0.1, 0.15) is 17.1 Å². The van der Waals surface area contributed by atoms with Crippen LogP contribution in [0.15, 0.2) is 21.8 Å². The van der Waals surface area contributed by atoms with Gasteiger partial charge in [-0.25, -0.2) is 18.1 Å². The van der Waals surface area contributed by atoms with Gasteiger partial charge in [-0.2, -0.15) is 0 Å². The predicted octanol–water partition coefficient (Wildman–Crippen LogP) is -4.42. The van der Waals surface area contributed by atoms with Gasteiger partial charge in [0.25, 0.3) is 11.8 Å². The fourth-order valence-electron chi connectivity index (χ4n) is 3.24. The maximum absolute atomic E-state index is 12.7. The number of β-lactam (4-membered cyclic amide) rings is 1. The van der Waals surface area contributed by atoms with E-state index in [1.165, 1.54) is 22.0 Å². The Morgan fingerprint density at radius 1 is 1.52 bits per heavy atom. The second-order valence-electron chi connectivity index (χ2n) is 6.89. The second-order valence-corrected chi connectivity index (χ2v) is 11.1. The molecule has 2 amide bonds. The van der Waals surface area contributed by atoms with Crippen LogP contribution in [0.2, 0.25) is 0 Å². The standard InChI is InChI=1S/C16H20N6O6S4.Na/c1-32(27,28)18-4-2-3-7-5-30-14-10(13(24)22(14)11(7)15(25)29)20-12(23)9(21-26)8-6-31-16(17)19-8;/h6,10,14,18,26H,2-5H2,1H3,(H2,17,19)(H,20,23)(H,25,29);/q;+1/p-1/b21-9-;/t10?,14-;/m1./s1. The summed E-state index contributed by atoms with van der Waals surface area (Å²) in [5.41, 5.74) is 5.96. The Bertz CT molecular complexity index is 1120. The van der Waals surface area contributed by atoms with Gasteiger partial charge in [0.05, 0.1) is 6.26 Å². The van der Waals surface area contributed by atoms with E-state index in [1.807, 2.05) is 0 Å². The summed E-state index contributed by atoms with van der Waals surface area (Å²) in [5.74, 6) is -0.948. The van der Waals surface area contributed by atoms with Gasteiger partial charge in [0.2, 0.25) is 10.0 Å². The number of oxime groups is 1. The molecule has 1 fully saturated rings. The molecule has 0 radical (unpaired) electrons. The van der Waals surface area contributed by atoms with Crippen molar-refractivity contribution in [2.24, 2.45) is 5.16 Å². The largest absolute Gasteiger partial charge is 1.00 e. The minimum Gasteiger partial charge on any atom is -0.863 e. The molecule has 1 saturated heterocycles. The summed E-state index contributed by atoms with van der Waals surface area (Å²) in [6, 6.07) is -0.946. The Morgan fingerprint density at radius 3 is 2.76 bits per heavy atom. The predicted molar refractivity (Wildman–Crippen MR) is 122 cm³/mol. The van der Waals surface area contributed by atoms with Crippen LogP contribution in [0.1, 0.15) is 18.5 Å². The van der Waals surface area contributed by atoms with Crippen LogP contribution in [-0.4, -0.2) is 76.1 Å². The first kappa shape index (κ1) is 28.0. The Labute approximate surface area is 225 Å².